The van der Waals surface area contributed by atoms with Crippen LogP contribution in [0.25, 0.3) is 6.08 Å². The number of rotatable bonds is 3. The quantitative estimate of drug-likeness (QED) is 0.575. The second kappa shape index (κ2) is 5.72. The molecule has 1 rings (SSSR count). The summed E-state index contributed by atoms with van der Waals surface area (Å²) < 4.78 is 4.86. The van der Waals surface area contributed by atoms with Gasteiger partial charge in [0.1, 0.15) is 0 Å². The van der Waals surface area contributed by atoms with Crippen molar-refractivity contribution < 1.29 is 9.53 Å². The number of hydrogen-bond acceptors (Lipinski definition) is 3. The Morgan fingerprint density at radius 1 is 1.44 bits per heavy atom. The van der Waals surface area contributed by atoms with Crippen LogP contribution in [0, 0.1) is 11.3 Å². The molecule has 16 heavy (non-hydrogen) atoms. The molecule has 0 saturated heterocycles. The Morgan fingerprint density at radius 2 is 2.06 bits per heavy atom. The van der Waals surface area contributed by atoms with Crippen molar-refractivity contribution in [1.29, 1.82) is 5.26 Å². The lowest BCUT2D eigenvalue weighted by Gasteiger charge is -2.01. The van der Waals surface area contributed by atoms with Gasteiger partial charge >= 0.3 is 5.97 Å². The highest BCUT2D eigenvalue weighted by molar-refractivity contribution is 5.92. The number of esters is 1. The normalized spacial score (nSPS) is 10.7. The zero-order chi connectivity index (χ0) is 12.0. The van der Waals surface area contributed by atoms with Crippen LogP contribution in [-0.2, 0) is 9.53 Å². The van der Waals surface area contributed by atoms with E-state index >= 15 is 0 Å². The van der Waals surface area contributed by atoms with E-state index in [1.54, 1.807) is 44.2 Å². The van der Waals surface area contributed by atoms with Gasteiger partial charge in [-0.3, -0.25) is 0 Å². The molecule has 0 aliphatic heterocycles. The molecule has 0 bridgehead atoms. The van der Waals surface area contributed by atoms with Gasteiger partial charge in [0.25, 0.3) is 0 Å². The third-order valence-corrected chi connectivity index (χ3v) is 2.02. The maximum absolute atomic E-state index is 11.3. The summed E-state index contributed by atoms with van der Waals surface area (Å²) in [7, 11) is 0. The third-order valence-electron chi connectivity index (χ3n) is 2.02. The van der Waals surface area contributed by atoms with Crippen LogP contribution in [-0.4, -0.2) is 12.6 Å². The fraction of sp³-hybridized carbons (Fsp3) is 0.231. The van der Waals surface area contributed by atoms with E-state index in [2.05, 4.69) is 0 Å². The molecule has 0 radical (unpaired) electrons. The first kappa shape index (κ1) is 12.0. The molecule has 82 valence electrons. The molecule has 0 amide bonds. The third kappa shape index (κ3) is 3.25. The van der Waals surface area contributed by atoms with Crippen molar-refractivity contribution in [3.05, 3.63) is 41.0 Å². The fourth-order valence-electron chi connectivity index (χ4n) is 1.21. The Morgan fingerprint density at radius 3 is 2.56 bits per heavy atom. The van der Waals surface area contributed by atoms with E-state index < -0.39 is 0 Å². The van der Waals surface area contributed by atoms with Gasteiger partial charge in [-0.1, -0.05) is 12.1 Å². The standard InChI is InChI=1S/C13H13NO2/c1-3-16-13(15)10(2)8-11-4-6-12(9-14)7-5-11/h4-8H,3H2,1-2H3. The predicted molar refractivity (Wildman–Crippen MR) is 61.4 cm³/mol. The van der Waals surface area contributed by atoms with Crippen molar-refractivity contribution in [1.82, 2.24) is 0 Å². The van der Waals surface area contributed by atoms with Crippen molar-refractivity contribution in [2.45, 2.75) is 13.8 Å². The molecule has 0 aliphatic rings. The Balaban J connectivity index is 2.82. The minimum Gasteiger partial charge on any atom is -0.463 e. The van der Waals surface area contributed by atoms with Crippen LogP contribution in [0.1, 0.15) is 25.0 Å². The van der Waals surface area contributed by atoms with E-state index in [1.165, 1.54) is 0 Å². The molecule has 0 saturated carbocycles. The van der Waals surface area contributed by atoms with Gasteiger partial charge in [0.2, 0.25) is 0 Å². The minimum absolute atomic E-state index is 0.313. The van der Waals surface area contributed by atoms with E-state index in [0.29, 0.717) is 17.7 Å². The maximum Gasteiger partial charge on any atom is 0.333 e. The van der Waals surface area contributed by atoms with Crippen LogP contribution in [0.4, 0.5) is 0 Å². The zero-order valence-electron chi connectivity index (χ0n) is 9.36. The van der Waals surface area contributed by atoms with Crippen molar-refractivity contribution in [2.24, 2.45) is 0 Å². The molecule has 0 aliphatic carbocycles. The molecule has 0 N–H and O–H groups in total. The molecular weight excluding hydrogens is 202 g/mol. The minimum atomic E-state index is -0.313. The lowest BCUT2D eigenvalue weighted by Crippen LogP contribution is -2.04. The zero-order valence-corrected chi connectivity index (χ0v) is 9.36. The van der Waals surface area contributed by atoms with E-state index in [-0.39, 0.29) is 5.97 Å². The van der Waals surface area contributed by atoms with Crippen LogP contribution >= 0.6 is 0 Å². The molecule has 0 fully saturated rings. The molecule has 3 heteroatoms. The summed E-state index contributed by atoms with van der Waals surface area (Å²) in [5.74, 6) is -0.313. The van der Waals surface area contributed by atoms with Crippen molar-refractivity contribution >= 4 is 12.0 Å². The first-order valence-corrected chi connectivity index (χ1v) is 5.03. The average molecular weight is 215 g/mol. The van der Waals surface area contributed by atoms with Gasteiger partial charge in [-0.05, 0) is 37.6 Å². The molecule has 0 spiro atoms. The molecule has 1 aromatic carbocycles. The van der Waals surface area contributed by atoms with E-state index in [1.807, 2.05) is 6.07 Å². The van der Waals surface area contributed by atoms with E-state index in [9.17, 15) is 4.79 Å². The molecule has 0 heterocycles. The van der Waals surface area contributed by atoms with E-state index in [0.717, 1.165) is 5.56 Å². The second-order valence-electron chi connectivity index (χ2n) is 3.28. The molecular formula is C13H13NO2. The number of nitrogens with zero attached hydrogens (tertiary/aromatic N) is 1. The summed E-state index contributed by atoms with van der Waals surface area (Å²) in [5.41, 5.74) is 2.03. The number of hydrogen-bond donors (Lipinski definition) is 0. The van der Waals surface area contributed by atoms with E-state index in [4.69, 9.17) is 10.00 Å². The first-order valence-electron chi connectivity index (χ1n) is 5.03. The van der Waals surface area contributed by atoms with Gasteiger partial charge in [-0.15, -0.1) is 0 Å². The van der Waals surface area contributed by atoms with Crippen molar-refractivity contribution in [3.8, 4) is 6.07 Å². The number of ether oxygens (including phenoxy) is 1. The van der Waals surface area contributed by atoms with Crippen molar-refractivity contribution in [2.75, 3.05) is 6.61 Å². The van der Waals surface area contributed by atoms with Crippen LogP contribution in [0.3, 0.4) is 0 Å². The Hall–Kier alpha value is -2.08. The number of carbonyl (C=O) groups excluding carboxylic acids is 1. The van der Waals surface area contributed by atoms with Gasteiger partial charge in [-0.25, -0.2) is 4.79 Å². The monoisotopic (exact) mass is 215 g/mol. The first-order chi connectivity index (χ1) is 7.67. The summed E-state index contributed by atoms with van der Waals surface area (Å²) in [4.78, 5) is 11.3. The van der Waals surface area contributed by atoms with Gasteiger partial charge in [0.05, 0.1) is 18.2 Å². The highest BCUT2D eigenvalue weighted by Gasteiger charge is 2.03. The van der Waals surface area contributed by atoms with Crippen molar-refractivity contribution in [3.63, 3.8) is 0 Å². The van der Waals surface area contributed by atoms with Crippen LogP contribution in [0.5, 0.6) is 0 Å². The maximum atomic E-state index is 11.3. The average Bonchev–Trinajstić information content (AvgIpc) is 2.30. The SMILES string of the molecule is CCOC(=O)C(C)=Cc1ccc(C#N)cc1. The molecule has 0 atom stereocenters. The van der Waals surface area contributed by atoms with Gasteiger partial charge < -0.3 is 4.74 Å². The van der Waals surface area contributed by atoms with Gasteiger partial charge in [0.15, 0.2) is 0 Å². The highest BCUT2D eigenvalue weighted by atomic mass is 16.5. The van der Waals surface area contributed by atoms with Gasteiger partial charge in [-0.2, -0.15) is 5.26 Å². The van der Waals surface area contributed by atoms with Gasteiger partial charge in [0, 0.05) is 5.57 Å². The molecule has 1 aromatic rings. The number of benzene rings is 1. The summed E-state index contributed by atoms with van der Waals surface area (Å²) >= 11 is 0. The number of carbonyl (C=O) groups is 1. The van der Waals surface area contributed by atoms with Crippen LogP contribution in [0.2, 0.25) is 0 Å². The topological polar surface area (TPSA) is 50.1 Å². The Labute approximate surface area is 95.0 Å². The molecule has 0 unspecified atom stereocenters. The van der Waals surface area contributed by atoms with Crippen LogP contribution < -0.4 is 0 Å². The summed E-state index contributed by atoms with van der Waals surface area (Å²) in [5, 5.41) is 8.63. The lowest BCUT2D eigenvalue weighted by molar-refractivity contribution is -0.138. The van der Waals surface area contributed by atoms with Crippen LogP contribution in [0.15, 0.2) is 29.8 Å². The smallest absolute Gasteiger partial charge is 0.333 e. The Kier molecular flexibility index (Phi) is 4.28. The molecule has 3 nitrogen and oxygen atoms in total. The largest absolute Gasteiger partial charge is 0.463 e. The summed E-state index contributed by atoms with van der Waals surface area (Å²) in [6.07, 6.45) is 1.74. The molecule has 0 aromatic heterocycles. The number of nitriles is 1. The lowest BCUT2D eigenvalue weighted by atomic mass is 10.1. The predicted octanol–water partition coefficient (Wildman–Crippen LogP) is 2.52. The highest BCUT2D eigenvalue weighted by Crippen LogP contribution is 2.09. The summed E-state index contributed by atoms with van der Waals surface area (Å²) in [6, 6.07) is 9.05. The fourth-order valence-corrected chi connectivity index (χ4v) is 1.21. The summed E-state index contributed by atoms with van der Waals surface area (Å²) in [6.45, 7) is 3.85. The second-order valence-corrected chi connectivity index (χ2v) is 3.28. The Bertz CT molecular complexity index is 438.